The molecule has 4 atom stereocenters. The van der Waals surface area contributed by atoms with Gasteiger partial charge in [-0.05, 0) is 43.2 Å². The van der Waals surface area contributed by atoms with Crippen molar-refractivity contribution >= 4 is 18.0 Å². The molecule has 0 amide bonds. The third kappa shape index (κ3) is 7.91. The largest absolute Gasteiger partial charge is 0.497 e. The molecular weight excluding hydrogens is 523 g/mol. The number of hydrogen-bond donors (Lipinski definition) is 0. The molecule has 2 aromatic carbocycles. The summed E-state index contributed by atoms with van der Waals surface area (Å²) in [5, 5.41) is 0. The van der Waals surface area contributed by atoms with Gasteiger partial charge in [-0.2, -0.15) is 0 Å². The Morgan fingerprint density at radius 3 is 2.45 bits per heavy atom. The summed E-state index contributed by atoms with van der Waals surface area (Å²) in [5.41, 5.74) is 0.893. The molecule has 0 N–H and O–H groups in total. The van der Waals surface area contributed by atoms with E-state index in [1.54, 1.807) is 61.5 Å². The van der Waals surface area contributed by atoms with Crippen molar-refractivity contribution in [2.24, 2.45) is 0 Å². The van der Waals surface area contributed by atoms with E-state index in [-0.39, 0.29) is 36.5 Å². The summed E-state index contributed by atoms with van der Waals surface area (Å²) in [6.07, 6.45) is 0.994. The van der Waals surface area contributed by atoms with Gasteiger partial charge in [-0.3, -0.25) is 0 Å². The lowest BCUT2D eigenvalue weighted by Gasteiger charge is -2.30. The van der Waals surface area contributed by atoms with Crippen molar-refractivity contribution in [3.8, 4) is 11.5 Å². The maximum atomic E-state index is 15.7. The van der Waals surface area contributed by atoms with E-state index < -0.39 is 42.2 Å². The topological polar surface area (TPSA) is 98.8 Å². The Labute approximate surface area is 233 Å². The predicted molar refractivity (Wildman–Crippen MR) is 145 cm³/mol. The SMILES string of the molecule is COCOc1cc(OC)cc2c1C(=O)OC(C)C/C=C(/F)C(OC(=O)c1ccccc1)C(OC)[C@@H](OC)C/C=C/2. The van der Waals surface area contributed by atoms with Crippen molar-refractivity contribution in [2.45, 2.75) is 44.2 Å². The van der Waals surface area contributed by atoms with Gasteiger partial charge in [0.15, 0.2) is 12.9 Å². The zero-order valence-corrected chi connectivity index (χ0v) is 23.3. The third-order valence-electron chi connectivity index (χ3n) is 6.25. The maximum absolute atomic E-state index is 15.7. The van der Waals surface area contributed by atoms with Crippen molar-refractivity contribution in [2.75, 3.05) is 35.2 Å². The molecule has 3 rings (SSSR count). The van der Waals surface area contributed by atoms with Crippen LogP contribution < -0.4 is 9.47 Å². The Kier molecular flexibility index (Phi) is 11.7. The van der Waals surface area contributed by atoms with Crippen LogP contribution in [0.2, 0.25) is 0 Å². The van der Waals surface area contributed by atoms with Crippen LogP contribution in [0.3, 0.4) is 0 Å². The summed E-state index contributed by atoms with van der Waals surface area (Å²) in [6, 6.07) is 11.5. The summed E-state index contributed by atoms with van der Waals surface area (Å²) >= 11 is 0. The molecule has 1 aliphatic heterocycles. The van der Waals surface area contributed by atoms with Crippen LogP contribution in [-0.4, -0.2) is 71.6 Å². The molecule has 0 saturated carbocycles. The molecule has 10 heteroatoms. The highest BCUT2D eigenvalue weighted by Gasteiger charge is 2.36. The van der Waals surface area contributed by atoms with Crippen LogP contribution in [0.15, 0.2) is 60.4 Å². The average Bonchev–Trinajstić information content (AvgIpc) is 2.97. The summed E-state index contributed by atoms with van der Waals surface area (Å²) in [6.45, 7) is 1.52. The number of esters is 2. The summed E-state index contributed by atoms with van der Waals surface area (Å²) < 4.78 is 54.3. The zero-order valence-electron chi connectivity index (χ0n) is 23.3. The number of rotatable bonds is 8. The fourth-order valence-corrected chi connectivity index (χ4v) is 4.20. The van der Waals surface area contributed by atoms with Crippen LogP contribution in [0.5, 0.6) is 11.5 Å². The fourth-order valence-electron chi connectivity index (χ4n) is 4.20. The molecule has 216 valence electrons. The van der Waals surface area contributed by atoms with Crippen LogP contribution in [-0.2, 0) is 23.7 Å². The number of cyclic esters (lactones) is 1. The number of carbonyl (C=O) groups is 2. The number of ether oxygens (including phenoxy) is 7. The standard InChI is InChI=1S/C30H35FO9/c1-19-14-15-23(31)27(40-29(32)20-10-7-6-8-11-20)28(37-5)24(36-4)13-9-12-21-16-22(35-3)17-25(38-18-34-2)26(21)30(33)39-19/h6-12,15-17,19,24,27-28H,13-14,18H2,1-5H3/b12-9+,23-15+/t19?,24-,27?,28?/m0/s1. The number of halogens is 1. The molecule has 0 saturated heterocycles. The molecule has 0 bridgehead atoms. The van der Waals surface area contributed by atoms with E-state index in [0.29, 0.717) is 11.3 Å². The minimum atomic E-state index is -1.41. The van der Waals surface area contributed by atoms with Crippen LogP contribution in [0.1, 0.15) is 46.0 Å². The quantitative estimate of drug-likeness (QED) is 0.322. The Hall–Kier alpha value is -3.73. The smallest absolute Gasteiger partial charge is 0.342 e. The first-order valence-corrected chi connectivity index (χ1v) is 12.7. The van der Waals surface area contributed by atoms with Gasteiger partial charge in [0, 0.05) is 33.8 Å². The number of benzene rings is 2. The van der Waals surface area contributed by atoms with Gasteiger partial charge in [0.05, 0.1) is 18.8 Å². The van der Waals surface area contributed by atoms with Gasteiger partial charge >= 0.3 is 11.9 Å². The van der Waals surface area contributed by atoms with E-state index in [0.717, 1.165) is 0 Å². The monoisotopic (exact) mass is 558 g/mol. The van der Waals surface area contributed by atoms with E-state index in [1.807, 2.05) is 0 Å². The van der Waals surface area contributed by atoms with Crippen molar-refractivity contribution in [1.82, 2.24) is 0 Å². The molecule has 0 radical (unpaired) electrons. The number of methoxy groups -OCH3 is 4. The second-order valence-corrected chi connectivity index (χ2v) is 8.99. The summed E-state index contributed by atoms with van der Waals surface area (Å²) in [5.74, 6) is -1.48. The fraction of sp³-hybridized carbons (Fsp3) is 0.400. The first-order valence-electron chi connectivity index (χ1n) is 12.7. The maximum Gasteiger partial charge on any atom is 0.342 e. The molecule has 0 aromatic heterocycles. The van der Waals surface area contributed by atoms with Gasteiger partial charge < -0.3 is 33.2 Å². The van der Waals surface area contributed by atoms with Gasteiger partial charge in [-0.1, -0.05) is 30.4 Å². The zero-order chi connectivity index (χ0) is 29.1. The van der Waals surface area contributed by atoms with Gasteiger partial charge in [0.2, 0.25) is 0 Å². The Morgan fingerprint density at radius 2 is 1.80 bits per heavy atom. The number of hydrogen-bond acceptors (Lipinski definition) is 9. The lowest BCUT2D eigenvalue weighted by atomic mass is 10.00. The van der Waals surface area contributed by atoms with Crippen molar-refractivity contribution < 1.29 is 47.1 Å². The van der Waals surface area contributed by atoms with Crippen molar-refractivity contribution in [3.05, 3.63) is 77.1 Å². The van der Waals surface area contributed by atoms with Crippen LogP contribution in [0.4, 0.5) is 4.39 Å². The molecule has 0 spiro atoms. The molecule has 0 fully saturated rings. The molecule has 0 aliphatic carbocycles. The highest BCUT2D eigenvalue weighted by atomic mass is 19.1. The Bertz CT molecular complexity index is 1200. The molecular formula is C30H35FO9. The lowest BCUT2D eigenvalue weighted by molar-refractivity contribution is -0.0936. The van der Waals surface area contributed by atoms with Crippen molar-refractivity contribution in [3.63, 3.8) is 0 Å². The van der Waals surface area contributed by atoms with Gasteiger partial charge in [-0.25, -0.2) is 14.0 Å². The second-order valence-electron chi connectivity index (χ2n) is 8.99. The van der Waals surface area contributed by atoms with Gasteiger partial charge in [0.25, 0.3) is 0 Å². The lowest BCUT2D eigenvalue weighted by Crippen LogP contribution is -2.43. The summed E-state index contributed by atoms with van der Waals surface area (Å²) in [4.78, 5) is 26.2. The third-order valence-corrected chi connectivity index (χ3v) is 6.25. The van der Waals surface area contributed by atoms with E-state index in [4.69, 9.17) is 33.2 Å². The van der Waals surface area contributed by atoms with Gasteiger partial charge in [0.1, 0.15) is 35.1 Å². The van der Waals surface area contributed by atoms with Crippen molar-refractivity contribution in [1.29, 1.82) is 0 Å². The highest BCUT2D eigenvalue weighted by Crippen LogP contribution is 2.32. The minimum absolute atomic E-state index is 0.000628. The van der Waals surface area contributed by atoms with E-state index in [9.17, 15) is 9.59 Å². The van der Waals surface area contributed by atoms with E-state index in [1.165, 1.54) is 34.5 Å². The average molecular weight is 559 g/mol. The number of carbonyl (C=O) groups excluding carboxylic acids is 2. The van der Waals surface area contributed by atoms with Crippen LogP contribution in [0, 0.1) is 0 Å². The van der Waals surface area contributed by atoms with Crippen LogP contribution in [0.25, 0.3) is 6.08 Å². The molecule has 1 aliphatic rings. The first-order chi connectivity index (χ1) is 19.3. The van der Waals surface area contributed by atoms with Crippen LogP contribution >= 0.6 is 0 Å². The van der Waals surface area contributed by atoms with Gasteiger partial charge in [-0.15, -0.1) is 0 Å². The van der Waals surface area contributed by atoms with E-state index >= 15 is 4.39 Å². The Morgan fingerprint density at radius 1 is 1.05 bits per heavy atom. The molecule has 3 unspecified atom stereocenters. The predicted octanol–water partition coefficient (Wildman–Crippen LogP) is 5.14. The normalized spacial score (nSPS) is 23.9. The minimum Gasteiger partial charge on any atom is -0.497 e. The number of fused-ring (bicyclic) bond motifs is 1. The van der Waals surface area contributed by atoms with E-state index in [2.05, 4.69) is 0 Å². The summed E-state index contributed by atoms with van der Waals surface area (Å²) in [7, 11) is 5.81. The second kappa shape index (κ2) is 15.2. The molecule has 9 nitrogen and oxygen atoms in total. The molecule has 1 heterocycles. The molecule has 40 heavy (non-hydrogen) atoms. The Balaban J connectivity index is 2.04. The molecule has 2 aromatic rings. The first kappa shape index (κ1) is 30.8. The highest BCUT2D eigenvalue weighted by molar-refractivity contribution is 5.97.